The average molecular weight is 495 g/mol. The van der Waals surface area contributed by atoms with E-state index in [2.05, 4.69) is 5.32 Å². The molecule has 36 heavy (non-hydrogen) atoms. The van der Waals surface area contributed by atoms with Crippen molar-refractivity contribution in [3.05, 3.63) is 98.2 Å². The number of carbonyl (C=O) groups excluding carboxylic acids is 3. The summed E-state index contributed by atoms with van der Waals surface area (Å²) in [4.78, 5) is 62.2. The zero-order valence-corrected chi connectivity index (χ0v) is 19.8. The summed E-state index contributed by atoms with van der Waals surface area (Å²) in [5.74, 6) is -2.14. The van der Waals surface area contributed by atoms with Crippen molar-refractivity contribution >= 4 is 23.7 Å². The van der Waals surface area contributed by atoms with E-state index in [-0.39, 0.29) is 18.8 Å². The molecule has 3 rings (SSSR count). The maximum atomic E-state index is 12.8. The van der Waals surface area contributed by atoms with Gasteiger partial charge in [-0.2, -0.15) is 0 Å². The van der Waals surface area contributed by atoms with Gasteiger partial charge < -0.3 is 20.5 Å². The van der Waals surface area contributed by atoms with Gasteiger partial charge in [-0.3, -0.25) is 18.7 Å². The lowest BCUT2D eigenvalue weighted by Gasteiger charge is -2.18. The lowest BCUT2D eigenvalue weighted by molar-refractivity contribution is -0.144. The second-order valence-electron chi connectivity index (χ2n) is 7.95. The predicted molar refractivity (Wildman–Crippen MR) is 130 cm³/mol. The molecular formula is C25H26N4O7. The van der Waals surface area contributed by atoms with Crippen molar-refractivity contribution in [2.24, 2.45) is 14.1 Å². The van der Waals surface area contributed by atoms with E-state index in [9.17, 15) is 24.0 Å². The maximum absolute atomic E-state index is 12.8. The number of hydrogen-bond acceptors (Lipinski definition) is 8. The van der Waals surface area contributed by atoms with E-state index < -0.39 is 47.3 Å². The Morgan fingerprint density at radius 1 is 0.889 bits per heavy atom. The van der Waals surface area contributed by atoms with E-state index >= 15 is 0 Å². The third-order valence-electron chi connectivity index (χ3n) is 5.41. The monoisotopic (exact) mass is 494 g/mol. The van der Waals surface area contributed by atoms with E-state index in [1.807, 2.05) is 6.07 Å². The molecule has 0 radical (unpaired) electrons. The summed E-state index contributed by atoms with van der Waals surface area (Å²) in [5.41, 5.74) is 5.20. The summed E-state index contributed by atoms with van der Waals surface area (Å²) in [6, 6.07) is 16.7. The molecule has 1 heterocycles. The van der Waals surface area contributed by atoms with Crippen LogP contribution >= 0.6 is 0 Å². The van der Waals surface area contributed by atoms with Gasteiger partial charge in [-0.05, 0) is 11.1 Å². The molecule has 0 fully saturated rings. The van der Waals surface area contributed by atoms with Crippen molar-refractivity contribution in [3.8, 4) is 0 Å². The number of esters is 1. The summed E-state index contributed by atoms with van der Waals surface area (Å²) in [7, 11) is 2.51. The minimum Gasteiger partial charge on any atom is -0.456 e. The molecule has 0 spiro atoms. The van der Waals surface area contributed by atoms with Crippen LogP contribution in [0, 0.1) is 0 Å². The molecule has 1 aromatic heterocycles. The molecule has 3 N–H and O–H groups in total. The lowest BCUT2D eigenvalue weighted by Crippen LogP contribution is -2.45. The first-order chi connectivity index (χ1) is 17.2. The summed E-state index contributed by atoms with van der Waals surface area (Å²) in [6.45, 7) is -0.823. The number of benzene rings is 2. The van der Waals surface area contributed by atoms with Crippen LogP contribution in [-0.4, -0.2) is 39.6 Å². The van der Waals surface area contributed by atoms with Gasteiger partial charge in [-0.25, -0.2) is 14.4 Å². The van der Waals surface area contributed by atoms with Gasteiger partial charge >= 0.3 is 17.8 Å². The van der Waals surface area contributed by atoms with Gasteiger partial charge in [0.15, 0.2) is 6.61 Å². The molecule has 11 heteroatoms. The van der Waals surface area contributed by atoms with Gasteiger partial charge in [0.1, 0.15) is 24.0 Å². The third kappa shape index (κ3) is 6.26. The van der Waals surface area contributed by atoms with Crippen molar-refractivity contribution < 1.29 is 23.9 Å². The number of aromatic nitrogens is 2. The number of nitrogens with one attached hydrogen (secondary N) is 1. The number of amides is 1. The Morgan fingerprint density at radius 3 is 2.08 bits per heavy atom. The fourth-order valence-corrected chi connectivity index (χ4v) is 3.38. The van der Waals surface area contributed by atoms with Gasteiger partial charge in [0, 0.05) is 20.5 Å². The molecule has 3 aromatic rings. The SMILES string of the molecule is Cn1c(N)c(C(=O)COC(=O)[C@@H](Cc2ccccc2)NC(=O)OCc2ccccc2)c(=O)n(C)c1=O. The zero-order chi connectivity index (χ0) is 26.2. The van der Waals surface area contributed by atoms with Crippen molar-refractivity contribution in [3.63, 3.8) is 0 Å². The Morgan fingerprint density at radius 2 is 1.47 bits per heavy atom. The van der Waals surface area contributed by atoms with Crippen molar-refractivity contribution in [2.45, 2.75) is 19.1 Å². The van der Waals surface area contributed by atoms with Crippen molar-refractivity contribution in [1.82, 2.24) is 14.5 Å². The maximum Gasteiger partial charge on any atom is 0.408 e. The Labute approximate surface area is 206 Å². The van der Waals surface area contributed by atoms with Crippen LogP contribution in [-0.2, 0) is 41.4 Å². The van der Waals surface area contributed by atoms with Crippen LogP contribution in [0.5, 0.6) is 0 Å². The topological polar surface area (TPSA) is 152 Å². The molecule has 0 bridgehead atoms. The molecule has 1 amide bonds. The Balaban J connectivity index is 1.71. The minimum absolute atomic E-state index is 0.00639. The van der Waals surface area contributed by atoms with Crippen LogP contribution in [0.25, 0.3) is 0 Å². The van der Waals surface area contributed by atoms with E-state index in [4.69, 9.17) is 15.2 Å². The van der Waals surface area contributed by atoms with Crippen LogP contribution in [0.15, 0.2) is 70.3 Å². The van der Waals surface area contributed by atoms with Crippen LogP contribution in [0.4, 0.5) is 10.6 Å². The number of rotatable bonds is 9. The van der Waals surface area contributed by atoms with Crippen LogP contribution in [0.2, 0.25) is 0 Å². The van der Waals surface area contributed by atoms with Crippen molar-refractivity contribution in [1.29, 1.82) is 0 Å². The highest BCUT2D eigenvalue weighted by atomic mass is 16.6. The second-order valence-corrected chi connectivity index (χ2v) is 7.95. The summed E-state index contributed by atoms with van der Waals surface area (Å²) in [5, 5.41) is 2.46. The predicted octanol–water partition coefficient (Wildman–Crippen LogP) is 0.930. The molecule has 0 unspecified atom stereocenters. The van der Waals surface area contributed by atoms with Gasteiger partial charge in [-0.15, -0.1) is 0 Å². The summed E-state index contributed by atoms with van der Waals surface area (Å²) < 4.78 is 12.0. The van der Waals surface area contributed by atoms with Gasteiger partial charge in [0.05, 0.1) is 0 Å². The first-order valence-electron chi connectivity index (χ1n) is 11.0. The van der Waals surface area contributed by atoms with Crippen LogP contribution in [0.1, 0.15) is 21.5 Å². The Kier molecular flexibility index (Phi) is 8.39. The number of ketones is 1. The summed E-state index contributed by atoms with van der Waals surface area (Å²) in [6.07, 6.45) is -0.780. The highest BCUT2D eigenvalue weighted by Crippen LogP contribution is 2.08. The molecule has 188 valence electrons. The first kappa shape index (κ1) is 25.9. The Hall–Kier alpha value is -4.67. The highest BCUT2D eigenvalue weighted by Gasteiger charge is 2.26. The lowest BCUT2D eigenvalue weighted by atomic mass is 10.1. The molecule has 1 atom stereocenters. The molecule has 0 saturated heterocycles. The number of nitrogens with zero attached hydrogens (tertiary/aromatic N) is 2. The molecule has 0 aliphatic heterocycles. The van der Waals surface area contributed by atoms with E-state index in [1.165, 1.54) is 14.1 Å². The number of hydrogen-bond donors (Lipinski definition) is 2. The first-order valence-corrected chi connectivity index (χ1v) is 11.0. The fraction of sp³-hybridized carbons (Fsp3) is 0.240. The van der Waals surface area contributed by atoms with E-state index in [0.29, 0.717) is 0 Å². The summed E-state index contributed by atoms with van der Waals surface area (Å²) >= 11 is 0. The molecule has 0 aliphatic carbocycles. The van der Waals surface area contributed by atoms with Gasteiger partial charge in [-0.1, -0.05) is 60.7 Å². The second kappa shape index (κ2) is 11.6. The molecular weight excluding hydrogens is 468 g/mol. The standard InChI is InChI=1S/C25H26N4O7/c1-28-21(26)20(22(31)29(2)25(28)34)19(30)15-35-23(32)18(13-16-9-5-3-6-10-16)27-24(33)36-14-17-11-7-4-8-12-17/h3-12,18H,13-15,26H2,1-2H3,(H,27,33)/t18-/m1/s1. The van der Waals surface area contributed by atoms with Gasteiger partial charge in [0.25, 0.3) is 5.56 Å². The minimum atomic E-state index is -1.18. The number of carbonyl (C=O) groups is 3. The smallest absolute Gasteiger partial charge is 0.408 e. The van der Waals surface area contributed by atoms with Gasteiger partial charge in [0.2, 0.25) is 5.78 Å². The largest absolute Gasteiger partial charge is 0.456 e. The third-order valence-corrected chi connectivity index (χ3v) is 5.41. The number of Topliss-reactive ketones (excluding diaryl/α,β-unsaturated/α-hetero) is 1. The number of nitrogen functional groups attached to an aromatic ring is 1. The Bertz CT molecular complexity index is 1360. The fourth-order valence-electron chi connectivity index (χ4n) is 3.38. The number of anilines is 1. The highest BCUT2D eigenvalue weighted by molar-refractivity contribution is 6.01. The van der Waals surface area contributed by atoms with Crippen molar-refractivity contribution in [2.75, 3.05) is 12.3 Å². The van der Waals surface area contributed by atoms with E-state index in [0.717, 1.165) is 20.3 Å². The van der Waals surface area contributed by atoms with Crippen LogP contribution in [0.3, 0.4) is 0 Å². The number of ether oxygens (including phenoxy) is 2. The normalized spacial score (nSPS) is 11.4. The molecule has 0 aliphatic rings. The molecule has 11 nitrogen and oxygen atoms in total. The van der Waals surface area contributed by atoms with Crippen LogP contribution < -0.4 is 22.3 Å². The zero-order valence-electron chi connectivity index (χ0n) is 19.8. The van der Waals surface area contributed by atoms with E-state index in [1.54, 1.807) is 54.6 Å². The quantitative estimate of drug-likeness (QED) is 0.329. The molecule has 0 saturated carbocycles. The average Bonchev–Trinajstić information content (AvgIpc) is 2.89. The number of nitrogens with two attached hydrogens (primary N) is 1. The number of alkyl carbamates (subject to hydrolysis) is 1. The molecule has 2 aromatic carbocycles.